The van der Waals surface area contributed by atoms with Gasteiger partial charge in [-0.2, -0.15) is 5.10 Å². The molecule has 0 saturated heterocycles. The van der Waals surface area contributed by atoms with Gasteiger partial charge in [-0.1, -0.05) is 20.8 Å². The van der Waals surface area contributed by atoms with Crippen molar-refractivity contribution < 1.29 is 4.79 Å². The lowest BCUT2D eigenvalue weighted by molar-refractivity contribution is -0.123. The topological polar surface area (TPSA) is 73.8 Å². The maximum absolute atomic E-state index is 12.0. The molecule has 1 aromatic heterocycles. The molecule has 1 rings (SSSR count). The molecule has 17 heavy (non-hydrogen) atoms. The summed E-state index contributed by atoms with van der Waals surface area (Å²) in [5, 5.41) is 4.13. The Morgan fingerprint density at radius 2 is 2.24 bits per heavy atom. The fourth-order valence-corrected chi connectivity index (χ4v) is 1.47. The smallest absolute Gasteiger partial charge is 0.159 e. The van der Waals surface area contributed by atoms with Gasteiger partial charge in [-0.3, -0.25) is 4.79 Å². The summed E-state index contributed by atoms with van der Waals surface area (Å²) in [5.41, 5.74) is 5.15. The number of hydrogen-bond acceptors (Lipinski definition) is 4. The van der Waals surface area contributed by atoms with E-state index in [0.29, 0.717) is 18.2 Å². The zero-order valence-corrected chi connectivity index (χ0v) is 11.1. The zero-order chi connectivity index (χ0) is 13.1. The molecule has 0 saturated carbocycles. The van der Waals surface area contributed by atoms with Crippen molar-refractivity contribution in [1.29, 1.82) is 0 Å². The van der Waals surface area contributed by atoms with Crippen molar-refractivity contribution in [3.63, 3.8) is 0 Å². The molecule has 0 aromatic carbocycles. The van der Waals surface area contributed by atoms with Crippen LogP contribution in [-0.2, 0) is 17.8 Å². The van der Waals surface area contributed by atoms with Crippen LogP contribution in [0.3, 0.4) is 0 Å². The number of rotatable bonds is 6. The van der Waals surface area contributed by atoms with Crippen LogP contribution >= 0.6 is 0 Å². The van der Waals surface area contributed by atoms with Gasteiger partial charge in [0.15, 0.2) is 5.78 Å². The Morgan fingerprint density at radius 1 is 1.59 bits per heavy atom. The molecule has 0 aliphatic carbocycles. The third-order valence-corrected chi connectivity index (χ3v) is 2.92. The van der Waals surface area contributed by atoms with E-state index in [1.807, 2.05) is 6.92 Å². The Kier molecular flexibility index (Phi) is 4.40. The monoisotopic (exact) mass is 238 g/mol. The van der Waals surface area contributed by atoms with Crippen molar-refractivity contribution in [3.05, 3.63) is 12.2 Å². The fourth-order valence-electron chi connectivity index (χ4n) is 1.47. The van der Waals surface area contributed by atoms with Crippen molar-refractivity contribution in [2.75, 3.05) is 0 Å². The highest BCUT2D eigenvalue weighted by atomic mass is 16.1. The summed E-state index contributed by atoms with van der Waals surface area (Å²) in [6.07, 6.45) is 2.38. The molecule has 1 unspecified atom stereocenters. The summed E-state index contributed by atoms with van der Waals surface area (Å²) in [6, 6.07) is 0. The Hall–Kier alpha value is -1.23. The number of aromatic nitrogens is 3. The Morgan fingerprint density at radius 3 is 2.76 bits per heavy atom. The second kappa shape index (κ2) is 5.40. The van der Waals surface area contributed by atoms with Gasteiger partial charge in [0.1, 0.15) is 12.2 Å². The Labute approximate surface area is 102 Å². The molecule has 0 spiro atoms. The lowest BCUT2D eigenvalue weighted by Gasteiger charge is -2.20. The number of carbonyl (C=O) groups excluding carboxylic acids is 1. The van der Waals surface area contributed by atoms with Crippen LogP contribution in [0.25, 0.3) is 0 Å². The Bertz CT molecular complexity index is 382. The van der Waals surface area contributed by atoms with E-state index in [4.69, 9.17) is 5.73 Å². The standard InChI is InChI=1S/C12H22N4O/c1-5-12(4,13)10(17)6-11-14-8-15-16(11)7-9(2)3/h8-9H,5-7,13H2,1-4H3. The number of hydrogen-bond donors (Lipinski definition) is 1. The number of ketones is 1. The molecule has 96 valence electrons. The van der Waals surface area contributed by atoms with Crippen LogP contribution in [0.1, 0.15) is 39.9 Å². The summed E-state index contributed by atoms with van der Waals surface area (Å²) >= 11 is 0. The van der Waals surface area contributed by atoms with Gasteiger partial charge in [0, 0.05) is 6.54 Å². The lowest BCUT2D eigenvalue weighted by atomic mass is 9.92. The SMILES string of the molecule is CCC(C)(N)C(=O)Cc1ncnn1CC(C)C. The first-order valence-electron chi connectivity index (χ1n) is 6.05. The second-order valence-corrected chi connectivity index (χ2v) is 5.12. The van der Waals surface area contributed by atoms with Crippen LogP contribution in [0.2, 0.25) is 0 Å². The molecule has 0 radical (unpaired) electrons. The molecule has 0 fully saturated rings. The third kappa shape index (κ3) is 3.63. The quantitative estimate of drug-likeness (QED) is 0.807. The average Bonchev–Trinajstić information content (AvgIpc) is 2.64. The summed E-state index contributed by atoms with van der Waals surface area (Å²) in [5.74, 6) is 1.19. The number of nitrogens with zero attached hydrogens (tertiary/aromatic N) is 3. The van der Waals surface area contributed by atoms with Gasteiger partial charge in [-0.15, -0.1) is 0 Å². The minimum atomic E-state index is -0.769. The van der Waals surface area contributed by atoms with E-state index in [2.05, 4.69) is 23.9 Å². The lowest BCUT2D eigenvalue weighted by Crippen LogP contribution is -2.45. The van der Waals surface area contributed by atoms with E-state index >= 15 is 0 Å². The molecule has 1 atom stereocenters. The molecule has 0 aliphatic heterocycles. The van der Waals surface area contributed by atoms with Gasteiger partial charge in [-0.05, 0) is 19.3 Å². The summed E-state index contributed by atoms with van der Waals surface area (Å²) in [4.78, 5) is 16.1. The minimum Gasteiger partial charge on any atom is -0.319 e. The highest BCUT2D eigenvalue weighted by molar-refractivity contribution is 5.88. The normalized spacial score (nSPS) is 14.9. The van der Waals surface area contributed by atoms with E-state index in [0.717, 1.165) is 6.54 Å². The summed E-state index contributed by atoms with van der Waals surface area (Å²) in [7, 11) is 0. The third-order valence-electron chi connectivity index (χ3n) is 2.92. The van der Waals surface area contributed by atoms with Crippen molar-refractivity contribution in [2.45, 2.75) is 52.6 Å². The van der Waals surface area contributed by atoms with Gasteiger partial charge in [-0.25, -0.2) is 9.67 Å². The zero-order valence-electron chi connectivity index (χ0n) is 11.1. The van der Waals surface area contributed by atoms with Crippen LogP contribution in [0.5, 0.6) is 0 Å². The van der Waals surface area contributed by atoms with Crippen LogP contribution < -0.4 is 5.73 Å². The van der Waals surface area contributed by atoms with Gasteiger partial charge in [0.25, 0.3) is 0 Å². The number of nitrogens with two attached hydrogens (primary N) is 1. The van der Waals surface area contributed by atoms with Gasteiger partial charge in [0.05, 0.1) is 12.0 Å². The number of carbonyl (C=O) groups is 1. The molecule has 5 heteroatoms. The van der Waals surface area contributed by atoms with Gasteiger partial charge >= 0.3 is 0 Å². The van der Waals surface area contributed by atoms with Crippen molar-refractivity contribution in [3.8, 4) is 0 Å². The second-order valence-electron chi connectivity index (χ2n) is 5.12. The molecule has 2 N–H and O–H groups in total. The van der Waals surface area contributed by atoms with E-state index in [1.54, 1.807) is 11.6 Å². The molecular formula is C12H22N4O. The van der Waals surface area contributed by atoms with Crippen LogP contribution in [-0.4, -0.2) is 26.1 Å². The molecule has 1 aromatic rings. The number of Topliss-reactive ketones (excluding diaryl/α,β-unsaturated/α-hetero) is 1. The van der Waals surface area contributed by atoms with Crippen molar-refractivity contribution in [2.24, 2.45) is 11.7 Å². The fraction of sp³-hybridized carbons (Fsp3) is 0.750. The highest BCUT2D eigenvalue weighted by Gasteiger charge is 2.27. The first kappa shape index (κ1) is 13.8. The maximum atomic E-state index is 12.0. The summed E-state index contributed by atoms with van der Waals surface area (Å²) in [6.45, 7) is 8.66. The molecule has 1 heterocycles. The summed E-state index contributed by atoms with van der Waals surface area (Å²) < 4.78 is 1.79. The van der Waals surface area contributed by atoms with E-state index < -0.39 is 5.54 Å². The molecule has 0 amide bonds. The average molecular weight is 238 g/mol. The minimum absolute atomic E-state index is 0.0120. The highest BCUT2D eigenvalue weighted by Crippen LogP contribution is 2.10. The van der Waals surface area contributed by atoms with Crippen LogP contribution in [0, 0.1) is 5.92 Å². The van der Waals surface area contributed by atoms with E-state index in [9.17, 15) is 4.79 Å². The predicted molar refractivity (Wildman–Crippen MR) is 66.5 cm³/mol. The van der Waals surface area contributed by atoms with E-state index in [1.165, 1.54) is 6.33 Å². The molecule has 5 nitrogen and oxygen atoms in total. The van der Waals surface area contributed by atoms with Crippen molar-refractivity contribution in [1.82, 2.24) is 14.8 Å². The molecule has 0 aliphatic rings. The predicted octanol–water partition coefficient (Wildman–Crippen LogP) is 1.17. The molecule has 0 bridgehead atoms. The molecular weight excluding hydrogens is 216 g/mol. The van der Waals surface area contributed by atoms with Gasteiger partial charge < -0.3 is 5.73 Å². The van der Waals surface area contributed by atoms with Crippen LogP contribution in [0.4, 0.5) is 0 Å². The Balaban J connectivity index is 2.75. The van der Waals surface area contributed by atoms with E-state index in [-0.39, 0.29) is 12.2 Å². The first-order valence-corrected chi connectivity index (χ1v) is 6.05. The first-order chi connectivity index (χ1) is 7.86. The van der Waals surface area contributed by atoms with Gasteiger partial charge in [0.2, 0.25) is 0 Å². The van der Waals surface area contributed by atoms with Crippen molar-refractivity contribution >= 4 is 5.78 Å². The van der Waals surface area contributed by atoms with Crippen LogP contribution in [0.15, 0.2) is 6.33 Å². The largest absolute Gasteiger partial charge is 0.319 e. The maximum Gasteiger partial charge on any atom is 0.159 e.